The number of amides is 2. The number of nitrogens with two attached hydrogens (primary N) is 1. The molecule has 0 aromatic carbocycles. The van der Waals surface area contributed by atoms with Gasteiger partial charge in [0.05, 0.1) is 5.92 Å². The number of aromatic nitrogens is 3. The Balaban J connectivity index is 1.99. The lowest BCUT2D eigenvalue weighted by molar-refractivity contribution is -0.123. The van der Waals surface area contributed by atoms with E-state index in [1.54, 1.807) is 10.6 Å². The van der Waals surface area contributed by atoms with E-state index in [4.69, 9.17) is 5.73 Å². The Bertz CT molecular complexity index is 683. The van der Waals surface area contributed by atoms with Crippen molar-refractivity contribution in [1.82, 2.24) is 14.6 Å². The van der Waals surface area contributed by atoms with Crippen LogP contribution in [0.15, 0.2) is 22.8 Å². The van der Waals surface area contributed by atoms with Crippen LogP contribution in [0.3, 0.4) is 0 Å². The van der Waals surface area contributed by atoms with Crippen LogP contribution in [0.4, 0.5) is 5.95 Å². The van der Waals surface area contributed by atoms with Crippen LogP contribution in [0, 0.1) is 5.92 Å². The van der Waals surface area contributed by atoms with Gasteiger partial charge in [-0.25, -0.2) is 4.52 Å². The minimum Gasteiger partial charge on any atom is -0.369 e. The van der Waals surface area contributed by atoms with Crippen LogP contribution in [-0.4, -0.2) is 33.0 Å². The summed E-state index contributed by atoms with van der Waals surface area (Å²) >= 11 is 3.35. The fourth-order valence-corrected chi connectivity index (χ4v) is 2.48. The molecule has 0 spiro atoms. The van der Waals surface area contributed by atoms with E-state index < -0.39 is 11.8 Å². The molecule has 0 bridgehead atoms. The van der Waals surface area contributed by atoms with Gasteiger partial charge in [0.2, 0.25) is 11.8 Å². The highest BCUT2D eigenvalue weighted by Gasteiger charge is 2.35. The molecule has 2 aromatic heterocycles. The predicted molar refractivity (Wildman–Crippen MR) is 70.3 cm³/mol. The molecule has 8 heteroatoms. The quantitative estimate of drug-likeness (QED) is 0.806. The molecule has 1 unspecified atom stereocenters. The Morgan fingerprint density at radius 2 is 2.26 bits per heavy atom. The minimum absolute atomic E-state index is 0.117. The maximum Gasteiger partial charge on any atom is 0.252 e. The number of fused-ring (bicyclic) bond motifs is 1. The van der Waals surface area contributed by atoms with Crippen LogP contribution in [-0.2, 0) is 9.59 Å². The summed E-state index contributed by atoms with van der Waals surface area (Å²) in [4.78, 5) is 28.7. The van der Waals surface area contributed by atoms with E-state index in [1.165, 1.54) is 4.90 Å². The van der Waals surface area contributed by atoms with Crippen molar-refractivity contribution >= 4 is 39.3 Å². The summed E-state index contributed by atoms with van der Waals surface area (Å²) in [5.74, 6) is -0.833. The van der Waals surface area contributed by atoms with E-state index in [9.17, 15) is 9.59 Å². The number of rotatable bonds is 2. The van der Waals surface area contributed by atoms with E-state index in [0.29, 0.717) is 11.6 Å². The van der Waals surface area contributed by atoms with Crippen molar-refractivity contribution in [2.75, 3.05) is 11.4 Å². The van der Waals surface area contributed by atoms with Gasteiger partial charge in [0, 0.05) is 13.0 Å². The number of hydrogen-bond donors (Lipinski definition) is 1. The number of hydrogen-bond acceptors (Lipinski definition) is 4. The molecule has 2 N–H and O–H groups in total. The highest BCUT2D eigenvalue weighted by Crippen LogP contribution is 2.23. The van der Waals surface area contributed by atoms with Gasteiger partial charge in [0.25, 0.3) is 5.95 Å². The van der Waals surface area contributed by atoms with Crippen LogP contribution in [0.25, 0.3) is 5.65 Å². The largest absolute Gasteiger partial charge is 0.369 e. The first-order chi connectivity index (χ1) is 9.06. The van der Waals surface area contributed by atoms with E-state index in [0.717, 1.165) is 4.60 Å². The van der Waals surface area contributed by atoms with Crippen molar-refractivity contribution in [3.05, 3.63) is 22.8 Å². The summed E-state index contributed by atoms with van der Waals surface area (Å²) in [6.45, 7) is 0.239. The number of carbonyl (C=O) groups excluding carboxylic acids is 2. The van der Waals surface area contributed by atoms with Gasteiger partial charge in [-0.05, 0) is 28.1 Å². The van der Waals surface area contributed by atoms with Crippen molar-refractivity contribution in [2.24, 2.45) is 11.7 Å². The third kappa shape index (κ3) is 1.97. The average Bonchev–Trinajstić information content (AvgIpc) is 2.93. The molecule has 1 aliphatic heterocycles. The first-order valence-electron chi connectivity index (χ1n) is 5.67. The molecule has 2 amide bonds. The van der Waals surface area contributed by atoms with Gasteiger partial charge in [0.1, 0.15) is 4.60 Å². The lowest BCUT2D eigenvalue weighted by Crippen LogP contribution is -2.29. The van der Waals surface area contributed by atoms with E-state index in [1.807, 2.05) is 12.1 Å². The molecular formula is C11H10BrN5O2. The first kappa shape index (κ1) is 12.1. The summed E-state index contributed by atoms with van der Waals surface area (Å²) in [5, 5.41) is 4.25. The lowest BCUT2D eigenvalue weighted by Gasteiger charge is -2.10. The summed E-state index contributed by atoms with van der Waals surface area (Å²) in [6, 6.07) is 5.44. The van der Waals surface area contributed by atoms with Crippen molar-refractivity contribution < 1.29 is 9.59 Å². The third-order valence-electron chi connectivity index (χ3n) is 3.07. The van der Waals surface area contributed by atoms with Crippen molar-refractivity contribution in [3.8, 4) is 0 Å². The maximum atomic E-state index is 11.9. The van der Waals surface area contributed by atoms with Gasteiger partial charge in [-0.3, -0.25) is 14.5 Å². The van der Waals surface area contributed by atoms with Crippen molar-refractivity contribution in [1.29, 1.82) is 0 Å². The van der Waals surface area contributed by atoms with Crippen LogP contribution in [0.5, 0.6) is 0 Å². The number of pyridine rings is 1. The van der Waals surface area contributed by atoms with Gasteiger partial charge in [0.15, 0.2) is 5.65 Å². The Labute approximate surface area is 116 Å². The highest BCUT2D eigenvalue weighted by molar-refractivity contribution is 9.10. The molecule has 0 saturated carbocycles. The van der Waals surface area contributed by atoms with Crippen molar-refractivity contribution in [2.45, 2.75) is 6.42 Å². The Morgan fingerprint density at radius 3 is 2.89 bits per heavy atom. The third-order valence-corrected chi connectivity index (χ3v) is 3.67. The first-order valence-corrected chi connectivity index (χ1v) is 6.46. The zero-order valence-electron chi connectivity index (χ0n) is 9.78. The van der Waals surface area contributed by atoms with Crippen LogP contribution in [0.1, 0.15) is 6.42 Å². The fraction of sp³-hybridized carbons (Fsp3) is 0.273. The molecule has 19 heavy (non-hydrogen) atoms. The zero-order valence-corrected chi connectivity index (χ0v) is 11.4. The number of primary amides is 1. The molecular weight excluding hydrogens is 314 g/mol. The Morgan fingerprint density at radius 1 is 1.47 bits per heavy atom. The Kier molecular flexibility index (Phi) is 2.74. The van der Waals surface area contributed by atoms with Gasteiger partial charge in [-0.2, -0.15) is 4.98 Å². The smallest absolute Gasteiger partial charge is 0.252 e. The number of anilines is 1. The SMILES string of the molecule is NC(=O)C1CC(=O)N(c2nc3cccc(Br)n3n2)C1. The van der Waals surface area contributed by atoms with Gasteiger partial charge in [-0.15, -0.1) is 5.10 Å². The average molecular weight is 324 g/mol. The van der Waals surface area contributed by atoms with E-state index in [2.05, 4.69) is 26.0 Å². The zero-order chi connectivity index (χ0) is 13.6. The van der Waals surface area contributed by atoms with Crippen LogP contribution in [0.2, 0.25) is 0 Å². The number of carbonyl (C=O) groups is 2. The summed E-state index contributed by atoms with van der Waals surface area (Å²) in [7, 11) is 0. The predicted octanol–water partition coefficient (Wildman–Crippen LogP) is 0.330. The number of nitrogens with zero attached hydrogens (tertiary/aromatic N) is 4. The molecule has 1 fully saturated rings. The second kappa shape index (κ2) is 4.30. The van der Waals surface area contributed by atoms with Crippen LogP contribution >= 0.6 is 15.9 Å². The molecule has 1 atom stereocenters. The standard InChI is InChI=1S/C11H10BrN5O2/c12-7-2-1-3-8-14-11(15-17(7)8)16-5-6(10(13)19)4-9(16)18/h1-3,6H,4-5H2,(H2,13,19). The monoisotopic (exact) mass is 323 g/mol. The second-order valence-corrected chi connectivity index (χ2v) is 5.15. The molecule has 1 saturated heterocycles. The molecule has 0 aliphatic carbocycles. The molecule has 1 aliphatic rings. The fourth-order valence-electron chi connectivity index (χ4n) is 2.07. The Hall–Kier alpha value is -1.96. The second-order valence-electron chi connectivity index (χ2n) is 4.34. The minimum atomic E-state index is -0.471. The van der Waals surface area contributed by atoms with Gasteiger partial charge < -0.3 is 5.73 Å². The summed E-state index contributed by atoms with van der Waals surface area (Å²) in [5.41, 5.74) is 5.85. The maximum absolute atomic E-state index is 11.9. The van der Waals surface area contributed by atoms with E-state index >= 15 is 0 Å². The topological polar surface area (TPSA) is 93.6 Å². The molecule has 3 heterocycles. The normalized spacial score (nSPS) is 19.3. The van der Waals surface area contributed by atoms with E-state index in [-0.39, 0.29) is 18.9 Å². The summed E-state index contributed by atoms with van der Waals surface area (Å²) < 4.78 is 2.32. The molecule has 7 nitrogen and oxygen atoms in total. The van der Waals surface area contributed by atoms with Gasteiger partial charge in [-0.1, -0.05) is 6.07 Å². The van der Waals surface area contributed by atoms with Crippen molar-refractivity contribution in [3.63, 3.8) is 0 Å². The number of halogens is 1. The lowest BCUT2D eigenvalue weighted by atomic mass is 10.1. The molecule has 3 rings (SSSR count). The van der Waals surface area contributed by atoms with Gasteiger partial charge >= 0.3 is 0 Å². The molecule has 2 aromatic rings. The summed E-state index contributed by atoms with van der Waals surface area (Å²) in [6.07, 6.45) is 0.117. The van der Waals surface area contributed by atoms with Crippen LogP contribution < -0.4 is 10.6 Å². The highest BCUT2D eigenvalue weighted by atomic mass is 79.9. The molecule has 0 radical (unpaired) electrons. The molecule has 98 valence electrons.